The van der Waals surface area contributed by atoms with Crippen molar-refractivity contribution in [1.82, 2.24) is 29.8 Å². The average Bonchev–Trinajstić information content (AvgIpc) is 3.18. The number of carbonyl (C=O) groups is 1. The Bertz CT molecular complexity index is 916. The normalized spacial score (nSPS) is 17.4. The number of fused-ring (bicyclic) bond motifs is 1. The van der Waals surface area contributed by atoms with Gasteiger partial charge in [-0.1, -0.05) is 0 Å². The first-order chi connectivity index (χ1) is 13.2. The van der Waals surface area contributed by atoms with E-state index in [4.69, 9.17) is 0 Å². The summed E-state index contributed by atoms with van der Waals surface area (Å²) in [6.45, 7) is 4.48. The van der Waals surface area contributed by atoms with Crippen molar-refractivity contribution in [1.29, 1.82) is 0 Å². The van der Waals surface area contributed by atoms with Crippen molar-refractivity contribution in [3.8, 4) is 0 Å². The van der Waals surface area contributed by atoms with Crippen molar-refractivity contribution in [2.75, 3.05) is 30.3 Å². The molecule has 1 amide bonds. The molecule has 0 spiro atoms. The van der Waals surface area contributed by atoms with Gasteiger partial charge in [0.1, 0.15) is 16.9 Å². The van der Waals surface area contributed by atoms with E-state index in [-0.39, 0.29) is 11.9 Å². The summed E-state index contributed by atoms with van der Waals surface area (Å²) in [6.07, 6.45) is 7.22. The second-order valence-corrected chi connectivity index (χ2v) is 7.55. The van der Waals surface area contributed by atoms with Gasteiger partial charge in [0, 0.05) is 55.9 Å². The number of nitrogens with zero attached hydrogens (tertiary/aromatic N) is 6. The molecule has 3 aromatic rings. The highest BCUT2D eigenvalue weighted by molar-refractivity contribution is 7.99. The van der Waals surface area contributed by atoms with Gasteiger partial charge in [-0.15, -0.1) is 11.8 Å². The van der Waals surface area contributed by atoms with E-state index < -0.39 is 0 Å². The second kappa shape index (κ2) is 7.91. The van der Waals surface area contributed by atoms with Crippen molar-refractivity contribution in [2.45, 2.75) is 24.4 Å². The lowest BCUT2D eigenvalue weighted by Gasteiger charge is -2.41. The zero-order valence-electron chi connectivity index (χ0n) is 15.1. The van der Waals surface area contributed by atoms with Gasteiger partial charge in [0.15, 0.2) is 5.65 Å². The van der Waals surface area contributed by atoms with Crippen molar-refractivity contribution in [2.24, 2.45) is 0 Å². The molecule has 1 fully saturated rings. The van der Waals surface area contributed by atoms with E-state index in [1.165, 1.54) is 6.33 Å². The third-order valence-electron chi connectivity index (χ3n) is 4.72. The Labute approximate surface area is 161 Å². The van der Waals surface area contributed by atoms with E-state index in [0.29, 0.717) is 17.8 Å². The van der Waals surface area contributed by atoms with E-state index in [2.05, 4.69) is 36.7 Å². The first-order valence-corrected chi connectivity index (χ1v) is 9.92. The van der Waals surface area contributed by atoms with Crippen LogP contribution in [0.5, 0.6) is 0 Å². The summed E-state index contributed by atoms with van der Waals surface area (Å²) in [5.41, 5.74) is 2.64. The summed E-state index contributed by atoms with van der Waals surface area (Å²) in [6, 6.07) is 4.31. The number of hydrogen-bond donors (Lipinski definition) is 1. The van der Waals surface area contributed by atoms with Crippen LogP contribution in [0, 0.1) is 0 Å². The number of piperazine rings is 1. The maximum Gasteiger partial charge on any atom is 0.223 e. The number of pyridine rings is 1. The molecule has 1 N–H and O–H groups in total. The molecule has 9 heteroatoms. The summed E-state index contributed by atoms with van der Waals surface area (Å²) in [5, 5.41) is 0.834. The Hall–Kier alpha value is -2.68. The van der Waals surface area contributed by atoms with Crippen LogP contribution in [0.25, 0.3) is 11.2 Å². The Balaban J connectivity index is 1.30. The number of amides is 1. The Morgan fingerprint density at radius 1 is 1.26 bits per heavy atom. The first kappa shape index (κ1) is 17.7. The molecule has 27 heavy (non-hydrogen) atoms. The van der Waals surface area contributed by atoms with Crippen molar-refractivity contribution in [3.63, 3.8) is 0 Å². The minimum absolute atomic E-state index is 0.193. The highest BCUT2D eigenvalue weighted by Gasteiger charge is 2.26. The van der Waals surface area contributed by atoms with E-state index in [9.17, 15) is 4.79 Å². The molecule has 1 aliphatic heterocycles. The lowest BCUT2D eigenvalue weighted by Crippen LogP contribution is -2.53. The molecule has 1 atom stereocenters. The average molecular weight is 383 g/mol. The third kappa shape index (κ3) is 3.87. The fourth-order valence-electron chi connectivity index (χ4n) is 3.35. The van der Waals surface area contributed by atoms with Crippen LogP contribution in [0.3, 0.4) is 0 Å². The fraction of sp³-hybridized carbons (Fsp3) is 0.389. The smallest absolute Gasteiger partial charge is 0.223 e. The number of nitrogens with one attached hydrogen (secondary N) is 1. The zero-order valence-corrected chi connectivity index (χ0v) is 15.9. The molecular formula is C18H21N7OS. The monoisotopic (exact) mass is 383 g/mol. The van der Waals surface area contributed by atoms with Crippen LogP contribution in [0.4, 0.5) is 5.69 Å². The van der Waals surface area contributed by atoms with Crippen LogP contribution < -0.4 is 4.90 Å². The third-order valence-corrected chi connectivity index (χ3v) is 5.71. The molecule has 1 aliphatic rings. The lowest BCUT2D eigenvalue weighted by atomic mass is 10.1. The van der Waals surface area contributed by atoms with Crippen LogP contribution in [-0.2, 0) is 4.79 Å². The quantitative estimate of drug-likeness (QED) is 0.532. The van der Waals surface area contributed by atoms with Gasteiger partial charge in [0.2, 0.25) is 5.91 Å². The molecule has 1 saturated heterocycles. The number of anilines is 1. The van der Waals surface area contributed by atoms with E-state index >= 15 is 0 Å². The summed E-state index contributed by atoms with van der Waals surface area (Å²) in [4.78, 5) is 36.6. The van der Waals surface area contributed by atoms with Crippen LogP contribution >= 0.6 is 11.8 Å². The second-order valence-electron chi connectivity index (χ2n) is 6.47. The number of aromatic amines is 1. The highest BCUT2D eigenvalue weighted by atomic mass is 32.2. The number of rotatable bonds is 5. The molecule has 0 aromatic carbocycles. The van der Waals surface area contributed by atoms with Gasteiger partial charge in [0.05, 0.1) is 6.33 Å². The molecular weight excluding hydrogens is 362 g/mol. The Morgan fingerprint density at radius 2 is 2.11 bits per heavy atom. The predicted molar refractivity (Wildman–Crippen MR) is 105 cm³/mol. The minimum Gasteiger partial charge on any atom is -0.365 e. The predicted octanol–water partition coefficient (Wildman–Crippen LogP) is 1.97. The molecule has 1 unspecified atom stereocenters. The van der Waals surface area contributed by atoms with E-state index in [1.807, 2.05) is 17.0 Å². The zero-order chi connectivity index (χ0) is 18.6. The number of hydrogen-bond acceptors (Lipinski definition) is 7. The highest BCUT2D eigenvalue weighted by Crippen LogP contribution is 2.23. The SMILES string of the molecule is CC1CN(C(=O)CCSc2ncnc3nc[nH]c23)CCN1c1ccncc1. The maximum atomic E-state index is 12.6. The molecule has 4 rings (SSSR count). The fourth-order valence-corrected chi connectivity index (χ4v) is 4.23. The van der Waals surface area contributed by atoms with Gasteiger partial charge in [0.25, 0.3) is 0 Å². The molecule has 140 valence electrons. The van der Waals surface area contributed by atoms with Gasteiger partial charge in [-0.05, 0) is 19.1 Å². The number of aromatic nitrogens is 5. The molecule has 0 aliphatic carbocycles. The summed E-state index contributed by atoms with van der Waals surface area (Å²) in [5.74, 6) is 0.877. The van der Waals surface area contributed by atoms with Gasteiger partial charge in [-0.3, -0.25) is 9.78 Å². The summed E-state index contributed by atoms with van der Waals surface area (Å²) >= 11 is 1.56. The molecule has 0 radical (unpaired) electrons. The van der Waals surface area contributed by atoms with Crippen molar-refractivity contribution in [3.05, 3.63) is 37.2 Å². The standard InChI is InChI=1S/C18H21N7OS/c1-13-10-24(7-8-25(13)14-2-5-19-6-3-14)15(26)4-9-27-18-16-17(21-11-20-16)22-12-23-18/h2-3,5-6,11-13H,4,7-10H2,1H3,(H,20,21,22,23). The van der Waals surface area contributed by atoms with Gasteiger partial charge in [-0.25, -0.2) is 15.0 Å². The van der Waals surface area contributed by atoms with Crippen LogP contribution in [-0.4, -0.2) is 67.2 Å². The Kier molecular flexibility index (Phi) is 5.19. The number of carbonyl (C=O) groups excluding carboxylic acids is 1. The van der Waals surface area contributed by atoms with Crippen molar-refractivity contribution < 1.29 is 4.79 Å². The van der Waals surface area contributed by atoms with Crippen LogP contribution in [0.1, 0.15) is 13.3 Å². The topological polar surface area (TPSA) is 90.9 Å². The molecule has 0 bridgehead atoms. The minimum atomic E-state index is 0.193. The van der Waals surface area contributed by atoms with Crippen LogP contribution in [0.15, 0.2) is 42.2 Å². The molecule has 3 aromatic heterocycles. The summed E-state index contributed by atoms with van der Waals surface area (Å²) in [7, 11) is 0. The molecule has 0 saturated carbocycles. The van der Waals surface area contributed by atoms with Gasteiger partial charge in [-0.2, -0.15) is 0 Å². The van der Waals surface area contributed by atoms with Crippen molar-refractivity contribution >= 4 is 34.5 Å². The lowest BCUT2D eigenvalue weighted by molar-refractivity contribution is -0.131. The van der Waals surface area contributed by atoms with E-state index in [0.717, 1.165) is 35.9 Å². The molecule has 4 heterocycles. The van der Waals surface area contributed by atoms with Gasteiger partial charge < -0.3 is 14.8 Å². The number of imidazole rings is 1. The maximum absolute atomic E-state index is 12.6. The first-order valence-electron chi connectivity index (χ1n) is 8.93. The Morgan fingerprint density at radius 3 is 2.93 bits per heavy atom. The number of thioether (sulfide) groups is 1. The number of H-pyrrole nitrogens is 1. The largest absolute Gasteiger partial charge is 0.365 e. The van der Waals surface area contributed by atoms with Gasteiger partial charge >= 0.3 is 0 Å². The molecule has 8 nitrogen and oxygen atoms in total. The summed E-state index contributed by atoms with van der Waals surface area (Å²) < 4.78 is 0. The van der Waals surface area contributed by atoms with E-state index in [1.54, 1.807) is 30.5 Å². The van der Waals surface area contributed by atoms with Crippen LogP contribution in [0.2, 0.25) is 0 Å².